The van der Waals surface area contributed by atoms with Gasteiger partial charge in [-0.15, -0.1) is 0 Å². The van der Waals surface area contributed by atoms with Crippen LogP contribution in [0, 0.1) is 17.2 Å². The molecular weight excluding hydrogens is 528 g/mol. The number of anilines is 2. The Labute approximate surface area is 237 Å². The van der Waals surface area contributed by atoms with Crippen LogP contribution in [-0.2, 0) is 4.79 Å². The van der Waals surface area contributed by atoms with Crippen LogP contribution in [0.5, 0.6) is 11.5 Å². The van der Waals surface area contributed by atoms with E-state index in [0.717, 1.165) is 24.2 Å². The highest BCUT2D eigenvalue weighted by molar-refractivity contribution is 5.97. The maximum Gasteiger partial charge on any atom is 0.272 e. The van der Waals surface area contributed by atoms with Gasteiger partial charge in [-0.25, -0.2) is 18.7 Å². The Morgan fingerprint density at radius 3 is 2.44 bits per heavy atom. The van der Waals surface area contributed by atoms with E-state index in [0.29, 0.717) is 42.6 Å². The number of nitrogens with two attached hydrogens (primary N) is 1. The van der Waals surface area contributed by atoms with E-state index < -0.39 is 5.92 Å². The molecule has 5 rings (SSSR count). The molecule has 0 atom stereocenters. The molecule has 3 N–H and O–H groups in total. The average Bonchev–Trinajstić information content (AvgIpc) is 2.96. The van der Waals surface area contributed by atoms with Crippen LogP contribution in [0.15, 0.2) is 72.6 Å². The summed E-state index contributed by atoms with van der Waals surface area (Å²) in [5, 5.41) is 12.9. The number of amides is 1. The van der Waals surface area contributed by atoms with Gasteiger partial charge in [0.2, 0.25) is 0 Å². The molecule has 2 fully saturated rings. The number of nitrogen functional groups attached to an aromatic ring is 1. The number of aromatic nitrogens is 2. The summed E-state index contributed by atoms with van der Waals surface area (Å²) >= 11 is 0. The number of rotatable bonds is 9. The number of benzene rings is 2. The van der Waals surface area contributed by atoms with Gasteiger partial charge in [-0.2, -0.15) is 5.26 Å². The number of ether oxygens (including phenoxy) is 1. The third-order valence-corrected chi connectivity index (χ3v) is 7.27. The van der Waals surface area contributed by atoms with Gasteiger partial charge >= 0.3 is 0 Å². The number of halogens is 2. The molecule has 2 aliphatic rings. The molecule has 2 aliphatic heterocycles. The number of piperidine rings is 1. The molecule has 9 nitrogen and oxygen atoms in total. The minimum atomic E-state index is -2.68. The zero-order chi connectivity index (χ0) is 28.8. The fourth-order valence-electron chi connectivity index (χ4n) is 5.02. The summed E-state index contributed by atoms with van der Waals surface area (Å²) in [5.74, 6) is -0.323. The summed E-state index contributed by atoms with van der Waals surface area (Å²) in [6.45, 7) is 1.12. The summed E-state index contributed by atoms with van der Waals surface area (Å²) in [6.07, 6.45) is 4.37. The molecule has 2 saturated heterocycles. The van der Waals surface area contributed by atoms with Gasteiger partial charge in [0, 0.05) is 26.2 Å². The normalized spacial score (nSPS) is 17.4. The average molecular weight is 560 g/mol. The lowest BCUT2D eigenvalue weighted by Gasteiger charge is -2.38. The highest BCUT2D eigenvalue weighted by atomic mass is 19.3. The SMILES string of the molecule is N#C/C(=C\CN1CC(F)(F)C1)C(=O)N1CCC(CNc2ncnc(N)c2-c2ccc(Oc3ccccc3)cc2)CC1. The first-order valence-electron chi connectivity index (χ1n) is 13.5. The number of hydrogen-bond donors (Lipinski definition) is 2. The zero-order valence-electron chi connectivity index (χ0n) is 22.5. The van der Waals surface area contributed by atoms with Gasteiger partial charge in [-0.3, -0.25) is 9.69 Å². The van der Waals surface area contributed by atoms with E-state index in [2.05, 4.69) is 15.3 Å². The molecule has 3 heterocycles. The van der Waals surface area contributed by atoms with E-state index in [9.17, 15) is 18.8 Å². The van der Waals surface area contributed by atoms with Crippen LogP contribution in [0.1, 0.15) is 12.8 Å². The first-order chi connectivity index (χ1) is 19.8. The standard InChI is InChI=1S/C30H31F2N7O2/c31-30(32)18-38(19-30)13-12-23(16-33)29(40)39-14-10-21(11-15-39)17-35-28-26(27(34)36-20-37-28)22-6-8-25(9-7-22)41-24-4-2-1-3-5-24/h1-9,12,20-21H,10-11,13-15,17-19H2,(H3,34,35,36,37)/b23-12+. The van der Waals surface area contributed by atoms with Crippen LogP contribution in [0.3, 0.4) is 0 Å². The molecule has 0 unspecified atom stereocenters. The van der Waals surface area contributed by atoms with Crippen molar-refractivity contribution in [3.63, 3.8) is 0 Å². The Morgan fingerprint density at radius 2 is 1.78 bits per heavy atom. The topological polar surface area (TPSA) is 120 Å². The van der Waals surface area contributed by atoms with Crippen molar-refractivity contribution in [1.82, 2.24) is 19.8 Å². The number of alkyl halides is 2. The van der Waals surface area contributed by atoms with Gasteiger partial charge in [-0.05, 0) is 54.7 Å². The van der Waals surface area contributed by atoms with Gasteiger partial charge in [0.25, 0.3) is 11.8 Å². The first kappa shape index (κ1) is 28.0. The van der Waals surface area contributed by atoms with Crippen molar-refractivity contribution in [2.75, 3.05) is 50.3 Å². The lowest BCUT2D eigenvalue weighted by Crippen LogP contribution is -2.56. The van der Waals surface area contributed by atoms with Gasteiger partial charge in [-0.1, -0.05) is 30.3 Å². The summed E-state index contributed by atoms with van der Waals surface area (Å²) in [5.41, 5.74) is 7.80. The van der Waals surface area contributed by atoms with Crippen molar-refractivity contribution in [2.45, 2.75) is 18.8 Å². The number of carbonyl (C=O) groups excluding carboxylic acids is 1. The molecule has 1 amide bonds. The van der Waals surface area contributed by atoms with Gasteiger partial charge < -0.3 is 20.7 Å². The van der Waals surface area contributed by atoms with Gasteiger partial charge in [0.1, 0.15) is 41.1 Å². The third-order valence-electron chi connectivity index (χ3n) is 7.27. The van der Waals surface area contributed by atoms with Crippen LogP contribution in [0.25, 0.3) is 11.1 Å². The second kappa shape index (κ2) is 12.3. The molecule has 212 valence electrons. The monoisotopic (exact) mass is 559 g/mol. The highest BCUT2D eigenvalue weighted by Gasteiger charge is 2.43. The third kappa shape index (κ3) is 6.96. The molecule has 0 aliphatic carbocycles. The highest BCUT2D eigenvalue weighted by Crippen LogP contribution is 2.33. The number of nitrogens with one attached hydrogen (secondary N) is 1. The van der Waals surface area contributed by atoms with Crippen LogP contribution in [0.4, 0.5) is 20.4 Å². The van der Waals surface area contributed by atoms with E-state index in [1.54, 1.807) is 4.90 Å². The number of likely N-dealkylation sites (tertiary alicyclic amines) is 2. The fraction of sp³-hybridized carbons (Fsp3) is 0.333. The quantitative estimate of drug-likeness (QED) is 0.289. The first-order valence-corrected chi connectivity index (χ1v) is 13.5. The van der Waals surface area contributed by atoms with Crippen molar-refractivity contribution in [3.05, 3.63) is 72.6 Å². The summed E-state index contributed by atoms with van der Waals surface area (Å²) in [7, 11) is 0. The molecule has 0 bridgehead atoms. The molecule has 11 heteroatoms. The Kier molecular flexibility index (Phi) is 8.40. The smallest absolute Gasteiger partial charge is 0.272 e. The van der Waals surface area contributed by atoms with E-state index in [-0.39, 0.29) is 37.0 Å². The van der Waals surface area contributed by atoms with Gasteiger partial charge in [0.15, 0.2) is 0 Å². The van der Waals surface area contributed by atoms with Crippen molar-refractivity contribution < 1.29 is 18.3 Å². The maximum atomic E-state index is 13.0. The lowest BCUT2D eigenvalue weighted by atomic mass is 9.96. The maximum absolute atomic E-state index is 13.0. The van der Waals surface area contributed by atoms with E-state index in [1.165, 1.54) is 17.3 Å². The number of carbonyl (C=O) groups is 1. The number of nitrogens with zero attached hydrogens (tertiary/aromatic N) is 5. The Hall–Kier alpha value is -4.56. The van der Waals surface area contributed by atoms with Crippen LogP contribution in [0.2, 0.25) is 0 Å². The molecule has 41 heavy (non-hydrogen) atoms. The predicted molar refractivity (Wildman–Crippen MR) is 151 cm³/mol. The Morgan fingerprint density at radius 1 is 1.10 bits per heavy atom. The number of para-hydroxylation sites is 1. The zero-order valence-corrected chi connectivity index (χ0v) is 22.5. The molecular formula is C30H31F2N7O2. The van der Waals surface area contributed by atoms with Crippen LogP contribution < -0.4 is 15.8 Å². The number of nitriles is 1. The van der Waals surface area contributed by atoms with Crippen molar-refractivity contribution in [1.29, 1.82) is 5.26 Å². The van der Waals surface area contributed by atoms with Gasteiger partial charge in [0.05, 0.1) is 18.7 Å². The predicted octanol–water partition coefficient (Wildman–Crippen LogP) is 4.57. The van der Waals surface area contributed by atoms with E-state index in [1.807, 2.05) is 60.7 Å². The lowest BCUT2D eigenvalue weighted by molar-refractivity contribution is -0.128. The molecule has 0 spiro atoms. The van der Waals surface area contributed by atoms with Crippen LogP contribution in [-0.4, -0.2) is 70.9 Å². The van der Waals surface area contributed by atoms with Crippen molar-refractivity contribution >= 4 is 17.5 Å². The second-order valence-corrected chi connectivity index (χ2v) is 10.3. The fourth-order valence-corrected chi connectivity index (χ4v) is 5.02. The molecule has 0 radical (unpaired) electrons. The second-order valence-electron chi connectivity index (χ2n) is 10.3. The largest absolute Gasteiger partial charge is 0.457 e. The van der Waals surface area contributed by atoms with Crippen LogP contribution >= 0.6 is 0 Å². The Bertz CT molecular complexity index is 1430. The summed E-state index contributed by atoms with van der Waals surface area (Å²) in [6, 6.07) is 19.0. The van der Waals surface area contributed by atoms with E-state index >= 15 is 0 Å². The Balaban J connectivity index is 1.15. The minimum absolute atomic E-state index is 0.00178. The van der Waals surface area contributed by atoms with Crippen molar-refractivity contribution in [3.8, 4) is 28.7 Å². The minimum Gasteiger partial charge on any atom is -0.457 e. The van der Waals surface area contributed by atoms with E-state index in [4.69, 9.17) is 10.5 Å². The summed E-state index contributed by atoms with van der Waals surface area (Å²) < 4.78 is 32.0. The van der Waals surface area contributed by atoms with Crippen molar-refractivity contribution in [2.24, 2.45) is 5.92 Å². The molecule has 0 saturated carbocycles. The molecule has 2 aromatic carbocycles. The summed E-state index contributed by atoms with van der Waals surface area (Å²) in [4.78, 5) is 24.6. The molecule has 3 aromatic rings. The molecule has 1 aromatic heterocycles. The number of hydrogen-bond acceptors (Lipinski definition) is 8.